The molecular formula is C20H22N6O2S2. The van der Waals surface area contributed by atoms with Crippen molar-refractivity contribution in [3.8, 4) is 22.9 Å². The van der Waals surface area contributed by atoms with Crippen LogP contribution in [0.3, 0.4) is 0 Å². The molecule has 10 heteroatoms. The van der Waals surface area contributed by atoms with Gasteiger partial charge in [-0.15, -0.1) is 21.5 Å². The van der Waals surface area contributed by atoms with Gasteiger partial charge in [-0.2, -0.15) is 5.26 Å². The maximum absolute atomic E-state index is 13.1. The van der Waals surface area contributed by atoms with Crippen LogP contribution in [0.25, 0.3) is 11.1 Å². The zero-order chi connectivity index (χ0) is 21.7. The fraction of sp³-hybridized carbons (Fsp3) is 0.300. The number of thiophene rings is 1. The van der Waals surface area contributed by atoms with Gasteiger partial charge in [0.15, 0.2) is 5.16 Å². The summed E-state index contributed by atoms with van der Waals surface area (Å²) in [5.41, 5.74) is 8.04. The number of hydrogen-bond donors (Lipinski definition) is 2. The fourth-order valence-corrected chi connectivity index (χ4v) is 4.67. The number of methoxy groups -OCH3 is 1. The van der Waals surface area contributed by atoms with Crippen LogP contribution in [-0.4, -0.2) is 33.5 Å². The third kappa shape index (κ3) is 4.27. The second kappa shape index (κ2) is 9.65. The predicted octanol–water partition coefficient (Wildman–Crippen LogP) is 4.17. The number of nitrogens with one attached hydrogen (secondary N) is 1. The first-order valence-electron chi connectivity index (χ1n) is 9.34. The van der Waals surface area contributed by atoms with Gasteiger partial charge in [-0.05, 0) is 29.9 Å². The number of nitrogens with two attached hydrogens (primary N) is 1. The first-order chi connectivity index (χ1) is 14.5. The summed E-state index contributed by atoms with van der Waals surface area (Å²) in [5, 5.41) is 23.6. The van der Waals surface area contributed by atoms with Gasteiger partial charge in [-0.3, -0.25) is 9.36 Å². The Morgan fingerprint density at radius 3 is 2.70 bits per heavy atom. The minimum absolute atomic E-state index is 0.193. The highest BCUT2D eigenvalue weighted by molar-refractivity contribution is 7.99. The predicted molar refractivity (Wildman–Crippen MR) is 120 cm³/mol. The highest BCUT2D eigenvalue weighted by Gasteiger charge is 2.26. The molecule has 0 saturated heterocycles. The van der Waals surface area contributed by atoms with Crippen LogP contribution in [0.2, 0.25) is 0 Å². The van der Waals surface area contributed by atoms with Crippen LogP contribution in [-0.2, 0) is 4.79 Å². The summed E-state index contributed by atoms with van der Waals surface area (Å²) >= 11 is 2.79. The van der Waals surface area contributed by atoms with E-state index in [0.717, 1.165) is 22.6 Å². The molecule has 156 valence electrons. The third-order valence-electron chi connectivity index (χ3n) is 4.51. The molecule has 3 aromatic rings. The maximum atomic E-state index is 13.1. The molecule has 1 amide bonds. The average Bonchev–Trinajstić information content (AvgIpc) is 3.33. The fourth-order valence-electron chi connectivity index (χ4n) is 3.03. The van der Waals surface area contributed by atoms with Gasteiger partial charge in [0, 0.05) is 10.9 Å². The minimum atomic E-state index is -0.577. The van der Waals surface area contributed by atoms with Crippen molar-refractivity contribution >= 4 is 40.0 Å². The monoisotopic (exact) mass is 442 g/mol. The van der Waals surface area contributed by atoms with Crippen LogP contribution in [0.15, 0.2) is 34.8 Å². The molecule has 0 bridgehead atoms. The summed E-state index contributed by atoms with van der Waals surface area (Å²) < 4.78 is 6.83. The summed E-state index contributed by atoms with van der Waals surface area (Å²) in [6.07, 6.45) is 0.504. The van der Waals surface area contributed by atoms with Gasteiger partial charge >= 0.3 is 0 Å². The van der Waals surface area contributed by atoms with Crippen LogP contribution < -0.4 is 15.8 Å². The van der Waals surface area contributed by atoms with E-state index in [1.165, 1.54) is 23.1 Å². The van der Waals surface area contributed by atoms with Crippen molar-refractivity contribution in [3.05, 3.63) is 35.2 Å². The van der Waals surface area contributed by atoms with E-state index in [0.29, 0.717) is 22.1 Å². The van der Waals surface area contributed by atoms with Gasteiger partial charge in [0.1, 0.15) is 22.9 Å². The number of amides is 1. The topological polar surface area (TPSA) is 119 Å². The molecule has 3 rings (SSSR count). The quantitative estimate of drug-likeness (QED) is 0.502. The van der Waals surface area contributed by atoms with Crippen molar-refractivity contribution in [2.24, 2.45) is 0 Å². The van der Waals surface area contributed by atoms with E-state index >= 15 is 0 Å². The van der Waals surface area contributed by atoms with Crippen LogP contribution in [0.1, 0.15) is 31.9 Å². The van der Waals surface area contributed by atoms with E-state index in [-0.39, 0.29) is 11.9 Å². The molecule has 0 aliphatic rings. The first kappa shape index (κ1) is 21.7. The van der Waals surface area contributed by atoms with Crippen molar-refractivity contribution in [2.75, 3.05) is 23.9 Å². The minimum Gasteiger partial charge on any atom is -0.497 e. The molecule has 1 aromatic carbocycles. The van der Waals surface area contributed by atoms with Gasteiger partial charge in [0.2, 0.25) is 11.9 Å². The number of carbonyl (C=O) groups is 1. The lowest BCUT2D eigenvalue weighted by Crippen LogP contribution is -2.27. The van der Waals surface area contributed by atoms with Crippen LogP contribution >= 0.6 is 23.1 Å². The van der Waals surface area contributed by atoms with Gasteiger partial charge < -0.3 is 15.8 Å². The van der Waals surface area contributed by atoms with E-state index in [1.807, 2.05) is 43.5 Å². The number of thioether (sulfide) groups is 1. The molecule has 8 nitrogen and oxygen atoms in total. The number of nitrogen functional groups attached to an aromatic ring is 1. The molecule has 2 aromatic heterocycles. The molecule has 0 aliphatic heterocycles. The summed E-state index contributed by atoms with van der Waals surface area (Å²) in [5.74, 6) is 1.45. The summed E-state index contributed by atoms with van der Waals surface area (Å²) in [4.78, 5) is 13.1. The maximum Gasteiger partial charge on any atom is 0.248 e. The van der Waals surface area contributed by atoms with Crippen molar-refractivity contribution in [2.45, 2.75) is 31.5 Å². The van der Waals surface area contributed by atoms with E-state index in [9.17, 15) is 10.1 Å². The standard InChI is InChI=1S/C20H22N6O2S2/c1-4-16(26-19(22)24-25-20(26)29-5-2)17(27)23-18-14(10-21)15(11-30-18)12-6-8-13(28-3)9-7-12/h6-9,11,16H,4-5H2,1-3H3,(H2,22,24)(H,23,27). The highest BCUT2D eigenvalue weighted by atomic mass is 32.2. The zero-order valence-electron chi connectivity index (χ0n) is 16.9. The van der Waals surface area contributed by atoms with Crippen LogP contribution in [0.5, 0.6) is 5.75 Å². The van der Waals surface area contributed by atoms with Crippen LogP contribution in [0, 0.1) is 11.3 Å². The number of nitriles is 1. The summed E-state index contributed by atoms with van der Waals surface area (Å²) in [6, 6.07) is 9.07. The lowest BCUT2D eigenvalue weighted by atomic mass is 10.0. The molecule has 0 radical (unpaired) electrons. The Morgan fingerprint density at radius 1 is 1.37 bits per heavy atom. The Kier molecular flexibility index (Phi) is 6.97. The second-order valence-corrected chi connectivity index (χ2v) is 8.36. The number of carbonyl (C=O) groups excluding carboxylic acids is 1. The lowest BCUT2D eigenvalue weighted by molar-refractivity contribution is -0.119. The van der Waals surface area contributed by atoms with Gasteiger partial charge in [0.05, 0.1) is 12.7 Å². The molecular weight excluding hydrogens is 420 g/mol. The molecule has 0 fully saturated rings. The van der Waals surface area contributed by atoms with E-state index in [2.05, 4.69) is 21.6 Å². The van der Waals surface area contributed by atoms with Gasteiger partial charge in [0.25, 0.3) is 0 Å². The Labute approximate surface area is 183 Å². The molecule has 1 atom stereocenters. The van der Waals surface area contributed by atoms with E-state index in [4.69, 9.17) is 10.5 Å². The second-order valence-electron chi connectivity index (χ2n) is 6.25. The number of ether oxygens (including phenoxy) is 1. The van der Waals surface area contributed by atoms with Crippen molar-refractivity contribution in [1.29, 1.82) is 5.26 Å². The molecule has 2 heterocycles. The number of hydrogen-bond acceptors (Lipinski definition) is 8. The normalized spacial score (nSPS) is 11.7. The number of nitrogens with zero attached hydrogens (tertiary/aromatic N) is 4. The van der Waals surface area contributed by atoms with Crippen molar-refractivity contribution in [3.63, 3.8) is 0 Å². The zero-order valence-corrected chi connectivity index (χ0v) is 18.5. The molecule has 0 spiro atoms. The van der Waals surface area contributed by atoms with Crippen molar-refractivity contribution in [1.82, 2.24) is 14.8 Å². The molecule has 0 saturated carbocycles. The molecule has 30 heavy (non-hydrogen) atoms. The lowest BCUT2D eigenvalue weighted by Gasteiger charge is -2.18. The molecule has 0 aliphatic carbocycles. The number of anilines is 2. The molecule has 3 N–H and O–H groups in total. The van der Waals surface area contributed by atoms with Gasteiger partial charge in [-0.25, -0.2) is 0 Å². The Hall–Kier alpha value is -3.03. The Balaban J connectivity index is 1.88. The number of aromatic nitrogens is 3. The SMILES string of the molecule is CCSc1nnc(N)n1C(CC)C(=O)Nc1scc(-c2ccc(OC)cc2)c1C#N. The third-order valence-corrected chi connectivity index (χ3v) is 6.23. The van der Waals surface area contributed by atoms with E-state index in [1.54, 1.807) is 11.7 Å². The summed E-state index contributed by atoms with van der Waals surface area (Å²) in [7, 11) is 1.60. The van der Waals surface area contributed by atoms with Crippen molar-refractivity contribution < 1.29 is 9.53 Å². The van der Waals surface area contributed by atoms with Crippen LogP contribution in [0.4, 0.5) is 10.9 Å². The summed E-state index contributed by atoms with van der Waals surface area (Å²) in [6.45, 7) is 3.89. The molecule has 1 unspecified atom stereocenters. The highest BCUT2D eigenvalue weighted by Crippen LogP contribution is 2.36. The van der Waals surface area contributed by atoms with E-state index < -0.39 is 6.04 Å². The van der Waals surface area contributed by atoms with Gasteiger partial charge in [-0.1, -0.05) is 37.7 Å². The Morgan fingerprint density at radius 2 is 2.10 bits per heavy atom. The number of benzene rings is 1. The smallest absolute Gasteiger partial charge is 0.248 e. The largest absolute Gasteiger partial charge is 0.497 e. The average molecular weight is 443 g/mol. The number of rotatable bonds is 8. The first-order valence-corrected chi connectivity index (χ1v) is 11.2. The Bertz CT molecular complexity index is 1070.